The first-order valence-corrected chi connectivity index (χ1v) is 5.19. The average molecular weight is 271 g/mol. The Labute approximate surface area is 96.3 Å². The van der Waals surface area contributed by atoms with Crippen LogP contribution in [0.4, 0.5) is 5.69 Å². The number of nitrogen functional groups attached to an aromatic ring is 1. The van der Waals surface area contributed by atoms with Crippen LogP contribution in [0.2, 0.25) is 0 Å². The van der Waals surface area contributed by atoms with Crippen LogP contribution < -0.4 is 5.73 Å². The first-order chi connectivity index (χ1) is 7.15. The summed E-state index contributed by atoms with van der Waals surface area (Å²) in [5.74, 6) is -0.404. The van der Waals surface area contributed by atoms with E-state index in [0.717, 1.165) is 4.47 Å². The molecule has 4 nitrogen and oxygen atoms in total. The van der Waals surface area contributed by atoms with Gasteiger partial charge in [0.25, 0.3) is 0 Å². The minimum Gasteiger partial charge on any atom is -0.463 e. The van der Waals surface area contributed by atoms with Gasteiger partial charge in [-0.3, -0.25) is 4.98 Å². The van der Waals surface area contributed by atoms with Gasteiger partial charge in [0.05, 0.1) is 18.0 Å². The number of halogens is 1. The lowest BCUT2D eigenvalue weighted by Gasteiger charge is -2.01. The number of hydrogen-bond donors (Lipinski definition) is 1. The van der Waals surface area contributed by atoms with Crippen LogP contribution in [-0.4, -0.2) is 17.6 Å². The van der Waals surface area contributed by atoms with E-state index >= 15 is 0 Å². The Morgan fingerprint density at radius 1 is 1.73 bits per heavy atom. The van der Waals surface area contributed by atoms with Crippen molar-refractivity contribution in [1.82, 2.24) is 4.98 Å². The lowest BCUT2D eigenvalue weighted by Crippen LogP contribution is -1.99. The molecule has 15 heavy (non-hydrogen) atoms. The third-order valence-corrected chi connectivity index (χ3v) is 2.32. The number of pyridine rings is 1. The van der Waals surface area contributed by atoms with E-state index < -0.39 is 5.97 Å². The Hall–Kier alpha value is -1.36. The van der Waals surface area contributed by atoms with Crippen molar-refractivity contribution in [2.24, 2.45) is 0 Å². The first-order valence-electron chi connectivity index (χ1n) is 4.40. The molecule has 0 fully saturated rings. The maximum Gasteiger partial charge on any atom is 0.330 e. The highest BCUT2D eigenvalue weighted by molar-refractivity contribution is 9.10. The van der Waals surface area contributed by atoms with E-state index in [1.54, 1.807) is 19.2 Å². The topological polar surface area (TPSA) is 65.2 Å². The Bertz CT molecular complexity index is 391. The highest BCUT2D eigenvalue weighted by Crippen LogP contribution is 2.21. The highest BCUT2D eigenvalue weighted by Gasteiger charge is 2.01. The van der Waals surface area contributed by atoms with Gasteiger partial charge in [-0.05, 0) is 35.0 Å². The van der Waals surface area contributed by atoms with Gasteiger partial charge in [0.2, 0.25) is 0 Å². The summed E-state index contributed by atoms with van der Waals surface area (Å²) in [6, 6.07) is 1.73. The lowest BCUT2D eigenvalue weighted by molar-refractivity contribution is -0.137. The van der Waals surface area contributed by atoms with Crippen LogP contribution in [0, 0.1) is 0 Å². The third-order valence-electron chi connectivity index (χ3n) is 1.63. The highest BCUT2D eigenvalue weighted by atomic mass is 79.9. The molecule has 0 aliphatic rings. The summed E-state index contributed by atoms with van der Waals surface area (Å²) >= 11 is 3.27. The van der Waals surface area contributed by atoms with Gasteiger partial charge in [-0.1, -0.05) is 0 Å². The van der Waals surface area contributed by atoms with Crippen LogP contribution in [0.3, 0.4) is 0 Å². The number of nitrogens with two attached hydrogens (primary N) is 1. The Kier molecular flexibility index (Phi) is 4.30. The maximum atomic E-state index is 11.0. The predicted octanol–water partition coefficient (Wildman–Crippen LogP) is 2.00. The SMILES string of the molecule is CCOC(=O)C=Cc1nccc(Br)c1N. The van der Waals surface area contributed by atoms with Crippen molar-refractivity contribution in [3.63, 3.8) is 0 Å². The summed E-state index contributed by atoms with van der Waals surface area (Å²) in [4.78, 5) is 15.0. The standard InChI is InChI=1S/C10H11BrN2O2/c1-2-15-9(14)4-3-8-10(12)7(11)5-6-13-8/h3-6H,2,12H2,1H3. The van der Waals surface area contributed by atoms with Crippen molar-refractivity contribution in [3.8, 4) is 0 Å². The first kappa shape index (κ1) is 11.7. The molecule has 80 valence electrons. The lowest BCUT2D eigenvalue weighted by atomic mass is 10.3. The van der Waals surface area contributed by atoms with Crippen molar-refractivity contribution in [3.05, 3.63) is 28.5 Å². The average Bonchev–Trinajstić information content (AvgIpc) is 2.21. The van der Waals surface area contributed by atoms with Gasteiger partial charge in [0.15, 0.2) is 0 Å². The molecule has 1 aromatic rings. The summed E-state index contributed by atoms with van der Waals surface area (Å²) in [6.07, 6.45) is 4.43. The number of carbonyl (C=O) groups is 1. The molecule has 0 saturated heterocycles. The van der Waals surface area contributed by atoms with E-state index in [1.165, 1.54) is 12.2 Å². The number of hydrogen-bond acceptors (Lipinski definition) is 4. The molecule has 0 amide bonds. The zero-order chi connectivity index (χ0) is 11.3. The van der Waals surface area contributed by atoms with E-state index in [4.69, 9.17) is 10.5 Å². The largest absolute Gasteiger partial charge is 0.463 e. The summed E-state index contributed by atoms with van der Waals surface area (Å²) in [6.45, 7) is 2.10. The molecular formula is C10H11BrN2O2. The van der Waals surface area contributed by atoms with E-state index in [9.17, 15) is 4.79 Å². The van der Waals surface area contributed by atoms with E-state index in [1.807, 2.05) is 0 Å². The van der Waals surface area contributed by atoms with Crippen LogP contribution >= 0.6 is 15.9 Å². The van der Waals surface area contributed by atoms with Crippen molar-refractivity contribution in [1.29, 1.82) is 0 Å². The van der Waals surface area contributed by atoms with Crippen molar-refractivity contribution in [2.45, 2.75) is 6.92 Å². The van der Waals surface area contributed by atoms with Gasteiger partial charge in [0, 0.05) is 16.7 Å². The second-order valence-electron chi connectivity index (χ2n) is 2.68. The molecule has 1 aromatic heterocycles. The second-order valence-corrected chi connectivity index (χ2v) is 3.53. The molecular weight excluding hydrogens is 260 g/mol. The number of carbonyl (C=O) groups excluding carboxylic acids is 1. The molecule has 1 rings (SSSR count). The van der Waals surface area contributed by atoms with E-state index in [2.05, 4.69) is 20.9 Å². The minimum absolute atomic E-state index is 0.352. The fourth-order valence-electron chi connectivity index (χ4n) is 0.935. The van der Waals surface area contributed by atoms with Crippen molar-refractivity contribution >= 4 is 33.7 Å². The van der Waals surface area contributed by atoms with Gasteiger partial charge >= 0.3 is 5.97 Å². The summed E-state index contributed by atoms with van der Waals surface area (Å²) in [5.41, 5.74) is 6.77. The molecule has 5 heteroatoms. The number of rotatable bonds is 3. The fraction of sp³-hybridized carbons (Fsp3) is 0.200. The maximum absolute atomic E-state index is 11.0. The van der Waals surface area contributed by atoms with Gasteiger partial charge in [0.1, 0.15) is 0 Å². The zero-order valence-electron chi connectivity index (χ0n) is 8.24. The Morgan fingerprint density at radius 2 is 2.47 bits per heavy atom. The van der Waals surface area contributed by atoms with Crippen LogP contribution in [0.15, 0.2) is 22.8 Å². The summed E-state index contributed by atoms with van der Waals surface area (Å²) in [5, 5.41) is 0. The van der Waals surface area contributed by atoms with Crippen LogP contribution in [0.1, 0.15) is 12.6 Å². The number of aromatic nitrogens is 1. The molecule has 0 spiro atoms. The van der Waals surface area contributed by atoms with Crippen LogP contribution in [0.25, 0.3) is 6.08 Å². The van der Waals surface area contributed by atoms with Gasteiger partial charge < -0.3 is 10.5 Å². The monoisotopic (exact) mass is 270 g/mol. The quantitative estimate of drug-likeness (QED) is 0.674. The molecule has 0 bridgehead atoms. The molecule has 0 aliphatic heterocycles. The van der Waals surface area contributed by atoms with Crippen LogP contribution in [-0.2, 0) is 9.53 Å². The van der Waals surface area contributed by atoms with Crippen molar-refractivity contribution in [2.75, 3.05) is 12.3 Å². The normalized spacial score (nSPS) is 10.5. The molecule has 0 aliphatic carbocycles. The predicted molar refractivity (Wildman–Crippen MR) is 62.0 cm³/mol. The second kappa shape index (κ2) is 5.50. The number of nitrogens with zero attached hydrogens (tertiary/aromatic N) is 1. The number of esters is 1. The molecule has 0 radical (unpaired) electrons. The Balaban J connectivity index is 2.81. The minimum atomic E-state index is -0.404. The zero-order valence-corrected chi connectivity index (χ0v) is 9.82. The molecule has 2 N–H and O–H groups in total. The van der Waals surface area contributed by atoms with E-state index in [0.29, 0.717) is 18.0 Å². The van der Waals surface area contributed by atoms with E-state index in [-0.39, 0.29) is 0 Å². The molecule has 1 heterocycles. The molecule has 0 saturated carbocycles. The molecule has 0 atom stereocenters. The van der Waals surface area contributed by atoms with Crippen molar-refractivity contribution < 1.29 is 9.53 Å². The van der Waals surface area contributed by atoms with Gasteiger partial charge in [-0.2, -0.15) is 0 Å². The molecule has 0 aromatic carbocycles. The van der Waals surface area contributed by atoms with Crippen LogP contribution in [0.5, 0.6) is 0 Å². The summed E-state index contributed by atoms with van der Waals surface area (Å²) in [7, 11) is 0. The smallest absolute Gasteiger partial charge is 0.330 e. The Morgan fingerprint density at radius 3 is 3.13 bits per heavy atom. The number of anilines is 1. The summed E-state index contributed by atoms with van der Waals surface area (Å²) < 4.78 is 5.48. The van der Waals surface area contributed by atoms with Gasteiger partial charge in [-0.25, -0.2) is 4.79 Å². The molecule has 0 unspecified atom stereocenters. The fourth-order valence-corrected chi connectivity index (χ4v) is 1.26. The third kappa shape index (κ3) is 3.36. The van der Waals surface area contributed by atoms with Gasteiger partial charge in [-0.15, -0.1) is 0 Å². The number of ether oxygens (including phenoxy) is 1.